The molecule has 5 heteroatoms. The molecule has 0 aliphatic heterocycles. The van der Waals surface area contributed by atoms with Crippen LogP contribution in [0.15, 0.2) is 211 Å². The topological polar surface area (TPSA) is 47.1 Å². The van der Waals surface area contributed by atoms with E-state index in [-0.39, 0.29) is 0 Å². The average Bonchev–Trinajstić information content (AvgIpc) is 3.85. The smallest absolute Gasteiger partial charge is 0.235 e. The summed E-state index contributed by atoms with van der Waals surface area (Å²) in [5.74, 6) is 0.602. The van der Waals surface area contributed by atoms with Gasteiger partial charge in [0.05, 0.1) is 27.6 Å². The highest BCUT2D eigenvalue weighted by Gasteiger charge is 2.24. The molecule has 0 saturated carbocycles. The lowest BCUT2D eigenvalue weighted by atomic mass is 9.95. The molecular formula is C54H34N4O. The molecule has 3 heterocycles. The zero-order chi connectivity index (χ0) is 38.9. The predicted octanol–water partition coefficient (Wildman–Crippen LogP) is 14.6. The number of nitrogens with zero attached hydrogens (tertiary/aromatic N) is 4. The maximum absolute atomic E-state index is 7.19. The molecule has 0 saturated heterocycles. The fraction of sp³-hybridized carbons (Fsp3) is 0. The van der Waals surface area contributed by atoms with Crippen molar-refractivity contribution in [3.8, 4) is 28.3 Å². The highest BCUT2D eigenvalue weighted by Crippen LogP contribution is 2.46. The summed E-state index contributed by atoms with van der Waals surface area (Å²) in [4.78, 5) is 13.0. The third-order valence-corrected chi connectivity index (χ3v) is 11.6. The largest absolute Gasteiger partial charge is 0.455 e. The number of aromatic nitrogens is 3. The third kappa shape index (κ3) is 5.25. The van der Waals surface area contributed by atoms with Gasteiger partial charge in [-0.1, -0.05) is 140 Å². The monoisotopic (exact) mass is 754 g/mol. The molecule has 0 bridgehead atoms. The quantitative estimate of drug-likeness (QED) is 0.170. The number of rotatable bonds is 6. The summed E-state index contributed by atoms with van der Waals surface area (Å²) in [5.41, 5.74) is 12.0. The molecule has 9 aromatic carbocycles. The summed E-state index contributed by atoms with van der Waals surface area (Å²) in [7, 11) is 0. The number of fused-ring (bicyclic) bond motifs is 10. The second-order valence-corrected chi connectivity index (χ2v) is 14.9. The molecule has 276 valence electrons. The molecule has 0 aliphatic carbocycles. The number of hydrogen-bond donors (Lipinski definition) is 0. The molecule has 0 N–H and O–H groups in total. The van der Waals surface area contributed by atoms with E-state index in [1.807, 2.05) is 12.1 Å². The van der Waals surface area contributed by atoms with E-state index in [4.69, 9.17) is 14.4 Å². The molecule has 0 fully saturated rings. The van der Waals surface area contributed by atoms with Crippen LogP contribution in [-0.4, -0.2) is 14.5 Å². The van der Waals surface area contributed by atoms with Gasteiger partial charge in [-0.25, -0.2) is 9.97 Å². The Morgan fingerprint density at radius 1 is 0.390 bits per heavy atom. The van der Waals surface area contributed by atoms with Gasteiger partial charge < -0.3 is 9.32 Å². The number of para-hydroxylation sites is 3. The maximum Gasteiger partial charge on any atom is 0.235 e. The van der Waals surface area contributed by atoms with E-state index in [9.17, 15) is 0 Å². The number of furan rings is 1. The van der Waals surface area contributed by atoms with Crippen LogP contribution in [0.1, 0.15) is 0 Å². The van der Waals surface area contributed by atoms with Crippen molar-refractivity contribution in [1.82, 2.24) is 14.5 Å². The second kappa shape index (κ2) is 13.3. The summed E-state index contributed by atoms with van der Waals surface area (Å²) >= 11 is 0. The van der Waals surface area contributed by atoms with E-state index in [1.54, 1.807) is 0 Å². The Labute approximate surface area is 339 Å². The van der Waals surface area contributed by atoms with Crippen LogP contribution in [-0.2, 0) is 0 Å². The van der Waals surface area contributed by atoms with E-state index in [1.165, 1.54) is 11.1 Å². The average molecular weight is 755 g/mol. The molecule has 12 aromatic rings. The Bertz CT molecular complexity index is 3500. The van der Waals surface area contributed by atoms with E-state index in [2.05, 4.69) is 204 Å². The van der Waals surface area contributed by atoms with Crippen molar-refractivity contribution >= 4 is 82.5 Å². The minimum Gasteiger partial charge on any atom is -0.455 e. The van der Waals surface area contributed by atoms with Crippen LogP contribution >= 0.6 is 0 Å². The number of benzene rings is 9. The minimum absolute atomic E-state index is 0.602. The standard InChI is InChI=1S/C54H34N4O/c1-5-17-35(18-6-1)44-34-45-42-30-32-49-50(53(42)59-52(45)41-26-14-13-25-40(41)44)46-33-39(57(37-21-9-3-10-22-37)38-23-11-4-12-24-38)29-31-48(46)58(49)54-55-47-28-16-15-27-43(47)51(56-54)36-19-7-2-8-20-36/h1-34H. The Hall–Kier alpha value is -8.02. The lowest BCUT2D eigenvalue weighted by Crippen LogP contribution is -2.09. The van der Waals surface area contributed by atoms with Crippen molar-refractivity contribution in [1.29, 1.82) is 0 Å². The van der Waals surface area contributed by atoms with Crippen LogP contribution in [0.4, 0.5) is 17.1 Å². The van der Waals surface area contributed by atoms with Crippen molar-refractivity contribution in [2.24, 2.45) is 0 Å². The van der Waals surface area contributed by atoms with Crippen LogP contribution in [0.5, 0.6) is 0 Å². The Balaban J connectivity index is 1.21. The number of anilines is 3. The van der Waals surface area contributed by atoms with Crippen molar-refractivity contribution in [2.75, 3.05) is 4.90 Å². The molecule has 0 radical (unpaired) electrons. The van der Waals surface area contributed by atoms with Crippen molar-refractivity contribution in [3.05, 3.63) is 206 Å². The molecule has 0 atom stereocenters. The first-order valence-corrected chi connectivity index (χ1v) is 19.9. The summed E-state index contributed by atoms with van der Waals surface area (Å²) in [6, 6.07) is 72.4. The normalized spacial score (nSPS) is 11.7. The van der Waals surface area contributed by atoms with Crippen molar-refractivity contribution in [2.45, 2.75) is 0 Å². The zero-order valence-electron chi connectivity index (χ0n) is 31.8. The summed E-state index contributed by atoms with van der Waals surface area (Å²) in [5, 5.41) is 7.46. The van der Waals surface area contributed by atoms with Gasteiger partial charge in [0, 0.05) is 49.6 Å². The summed E-state index contributed by atoms with van der Waals surface area (Å²) < 4.78 is 9.40. The first-order valence-electron chi connectivity index (χ1n) is 19.9. The molecule has 3 aromatic heterocycles. The molecule has 0 amide bonds. The number of hydrogen-bond acceptors (Lipinski definition) is 4. The maximum atomic E-state index is 7.19. The molecule has 0 aliphatic rings. The van der Waals surface area contributed by atoms with Gasteiger partial charge in [-0.05, 0) is 83.2 Å². The van der Waals surface area contributed by atoms with Crippen LogP contribution in [0.2, 0.25) is 0 Å². The van der Waals surface area contributed by atoms with Crippen LogP contribution in [0.25, 0.3) is 93.8 Å². The Kier molecular flexibility index (Phi) is 7.47. The molecule has 0 unspecified atom stereocenters. The van der Waals surface area contributed by atoms with Crippen molar-refractivity contribution in [3.63, 3.8) is 0 Å². The van der Waals surface area contributed by atoms with Gasteiger partial charge in [-0.15, -0.1) is 0 Å². The van der Waals surface area contributed by atoms with Gasteiger partial charge in [-0.3, -0.25) is 4.57 Å². The fourth-order valence-corrected chi connectivity index (χ4v) is 8.94. The van der Waals surface area contributed by atoms with E-state index in [0.717, 1.165) is 93.7 Å². The first-order chi connectivity index (χ1) is 29.3. The SMILES string of the molecule is c1ccc(-c2nc(-n3c4ccc(N(c5ccccc5)c5ccccc5)cc4c4c5oc6c7ccccc7c(-c7ccccc7)cc6c5ccc43)nc3ccccc23)cc1. The van der Waals surface area contributed by atoms with Gasteiger partial charge in [0.2, 0.25) is 5.95 Å². The van der Waals surface area contributed by atoms with E-state index < -0.39 is 0 Å². The lowest BCUT2D eigenvalue weighted by molar-refractivity contribution is 0.676. The third-order valence-electron chi connectivity index (χ3n) is 11.6. The van der Waals surface area contributed by atoms with Gasteiger partial charge in [0.15, 0.2) is 0 Å². The molecular weight excluding hydrogens is 721 g/mol. The van der Waals surface area contributed by atoms with Gasteiger partial charge >= 0.3 is 0 Å². The molecule has 5 nitrogen and oxygen atoms in total. The first kappa shape index (κ1) is 33.2. The Morgan fingerprint density at radius 3 is 1.68 bits per heavy atom. The highest BCUT2D eigenvalue weighted by molar-refractivity contribution is 6.27. The summed E-state index contributed by atoms with van der Waals surface area (Å²) in [6.45, 7) is 0. The van der Waals surface area contributed by atoms with Crippen LogP contribution in [0, 0.1) is 0 Å². The van der Waals surface area contributed by atoms with Crippen LogP contribution in [0.3, 0.4) is 0 Å². The molecule has 12 rings (SSSR count). The summed E-state index contributed by atoms with van der Waals surface area (Å²) in [6.07, 6.45) is 0. The van der Waals surface area contributed by atoms with Crippen molar-refractivity contribution < 1.29 is 4.42 Å². The van der Waals surface area contributed by atoms with Gasteiger partial charge in [0.1, 0.15) is 11.2 Å². The minimum atomic E-state index is 0.602. The predicted molar refractivity (Wildman–Crippen MR) is 244 cm³/mol. The fourth-order valence-electron chi connectivity index (χ4n) is 8.94. The lowest BCUT2D eigenvalue weighted by Gasteiger charge is -2.25. The van der Waals surface area contributed by atoms with Gasteiger partial charge in [0.25, 0.3) is 0 Å². The highest BCUT2D eigenvalue weighted by atomic mass is 16.3. The Morgan fingerprint density at radius 2 is 0.966 bits per heavy atom. The molecule has 59 heavy (non-hydrogen) atoms. The molecule has 0 spiro atoms. The zero-order valence-corrected chi connectivity index (χ0v) is 31.8. The van der Waals surface area contributed by atoms with Crippen LogP contribution < -0.4 is 4.90 Å². The second-order valence-electron chi connectivity index (χ2n) is 14.9. The van der Waals surface area contributed by atoms with Gasteiger partial charge in [-0.2, -0.15) is 0 Å². The van der Waals surface area contributed by atoms with E-state index in [0.29, 0.717) is 5.95 Å². The van der Waals surface area contributed by atoms with E-state index >= 15 is 0 Å².